The van der Waals surface area contributed by atoms with E-state index in [1.165, 1.54) is 16.7 Å². The molecule has 0 bridgehead atoms. The van der Waals surface area contributed by atoms with Gasteiger partial charge in [0, 0.05) is 29.1 Å². The lowest BCUT2D eigenvalue weighted by molar-refractivity contribution is 0.139. The van der Waals surface area contributed by atoms with Crippen LogP contribution in [0.3, 0.4) is 0 Å². The third-order valence-corrected chi connectivity index (χ3v) is 7.68. The fraction of sp³-hybridized carbons (Fsp3) is 0.310. The summed E-state index contributed by atoms with van der Waals surface area (Å²) >= 11 is 6.25. The van der Waals surface area contributed by atoms with Crippen molar-refractivity contribution < 1.29 is 9.53 Å². The van der Waals surface area contributed by atoms with Gasteiger partial charge in [0.25, 0.3) is 0 Å². The van der Waals surface area contributed by atoms with E-state index in [0.717, 1.165) is 43.7 Å². The number of nitriles is 1. The molecule has 2 heterocycles. The maximum absolute atomic E-state index is 13.2. The Bertz CT molecular complexity index is 1270. The molecule has 0 aromatic heterocycles. The second-order valence-electron chi connectivity index (χ2n) is 9.62. The number of rotatable bonds is 4. The zero-order valence-corrected chi connectivity index (χ0v) is 20.6. The van der Waals surface area contributed by atoms with Gasteiger partial charge in [0.05, 0.1) is 17.3 Å². The summed E-state index contributed by atoms with van der Waals surface area (Å²) in [5.41, 5.74) is 6.06. The number of halogens is 1. The van der Waals surface area contributed by atoms with Crippen molar-refractivity contribution in [2.45, 2.75) is 38.3 Å². The van der Waals surface area contributed by atoms with Gasteiger partial charge in [-0.2, -0.15) is 5.26 Å². The molecule has 1 fully saturated rings. The zero-order chi connectivity index (χ0) is 24.4. The van der Waals surface area contributed by atoms with Gasteiger partial charge >= 0.3 is 6.09 Å². The van der Waals surface area contributed by atoms with Crippen LogP contribution < -0.4 is 4.90 Å². The van der Waals surface area contributed by atoms with Crippen molar-refractivity contribution in [3.05, 3.63) is 99.6 Å². The first kappa shape index (κ1) is 23.4. The Morgan fingerprint density at radius 2 is 1.83 bits per heavy atom. The van der Waals surface area contributed by atoms with E-state index in [0.29, 0.717) is 17.1 Å². The number of anilines is 1. The molecule has 1 amide bonds. The minimum atomic E-state index is -0.327. The van der Waals surface area contributed by atoms with Gasteiger partial charge in [-0.3, -0.25) is 9.80 Å². The van der Waals surface area contributed by atoms with Crippen LogP contribution >= 0.6 is 11.6 Å². The van der Waals surface area contributed by atoms with E-state index in [1.807, 2.05) is 47.4 Å². The third-order valence-electron chi connectivity index (χ3n) is 7.31. The lowest BCUT2D eigenvalue weighted by atomic mass is 9.74. The molecule has 0 saturated carbocycles. The maximum atomic E-state index is 13.2. The van der Waals surface area contributed by atoms with Crippen LogP contribution in [-0.4, -0.2) is 30.6 Å². The SMILES string of the molecule is Cc1ccc2c(c1)C1(CCN(Cc3ccc(C#N)cc3)CC1)CN2C(=O)OCc1ccccc1Cl. The lowest BCUT2D eigenvalue weighted by Crippen LogP contribution is -2.45. The van der Waals surface area contributed by atoms with E-state index in [-0.39, 0.29) is 18.1 Å². The highest BCUT2D eigenvalue weighted by Crippen LogP contribution is 2.47. The molecular formula is C29H28ClN3O2. The van der Waals surface area contributed by atoms with Crippen molar-refractivity contribution in [1.29, 1.82) is 5.26 Å². The van der Waals surface area contributed by atoms with Crippen LogP contribution in [0.1, 0.15) is 40.7 Å². The van der Waals surface area contributed by atoms with E-state index >= 15 is 0 Å². The standard InChI is InChI=1S/C29H28ClN3O2/c1-21-6-11-27-25(16-21)29(20-33(27)28(34)35-19-24-4-2-3-5-26(24)30)12-14-32(15-13-29)18-23-9-7-22(17-31)8-10-23/h2-11,16H,12-15,18-20H2,1H3. The first-order chi connectivity index (χ1) is 17.0. The number of fused-ring (bicyclic) bond motifs is 2. The fourth-order valence-corrected chi connectivity index (χ4v) is 5.48. The van der Waals surface area contributed by atoms with Crippen molar-refractivity contribution in [3.8, 4) is 6.07 Å². The number of benzene rings is 3. The second-order valence-corrected chi connectivity index (χ2v) is 10.0. The van der Waals surface area contributed by atoms with Crippen molar-refractivity contribution in [3.63, 3.8) is 0 Å². The van der Waals surface area contributed by atoms with Crippen LogP contribution in [0.15, 0.2) is 66.7 Å². The van der Waals surface area contributed by atoms with Crippen molar-refractivity contribution in [2.75, 3.05) is 24.5 Å². The van der Waals surface area contributed by atoms with Crippen LogP contribution in [0.25, 0.3) is 0 Å². The van der Waals surface area contributed by atoms with Gasteiger partial charge in [-0.05, 0) is 68.2 Å². The average molecular weight is 486 g/mol. The molecule has 35 heavy (non-hydrogen) atoms. The first-order valence-corrected chi connectivity index (χ1v) is 12.4. The van der Waals surface area contributed by atoms with E-state index in [1.54, 1.807) is 6.07 Å². The zero-order valence-electron chi connectivity index (χ0n) is 19.8. The van der Waals surface area contributed by atoms with Crippen LogP contribution in [0.5, 0.6) is 0 Å². The molecule has 6 heteroatoms. The summed E-state index contributed by atoms with van der Waals surface area (Å²) in [5, 5.41) is 9.63. The fourth-order valence-electron chi connectivity index (χ4n) is 5.29. The molecule has 0 aliphatic carbocycles. The number of amides is 1. The Hall–Kier alpha value is -3.33. The highest BCUT2D eigenvalue weighted by atomic mass is 35.5. The number of piperidine rings is 1. The van der Waals surface area contributed by atoms with Crippen LogP contribution in [0.2, 0.25) is 5.02 Å². The molecule has 3 aromatic rings. The summed E-state index contributed by atoms with van der Waals surface area (Å²) in [5.74, 6) is 0. The Kier molecular flexibility index (Phi) is 6.51. The third kappa shape index (κ3) is 4.77. The normalized spacial score (nSPS) is 16.7. The molecule has 0 atom stereocenters. The van der Waals surface area contributed by atoms with Gasteiger partial charge in [-0.15, -0.1) is 0 Å². The van der Waals surface area contributed by atoms with Gasteiger partial charge in [-0.25, -0.2) is 4.79 Å². The van der Waals surface area contributed by atoms with Gasteiger partial charge in [0.1, 0.15) is 6.61 Å². The summed E-state index contributed by atoms with van der Waals surface area (Å²) < 4.78 is 5.70. The second kappa shape index (κ2) is 9.73. The highest BCUT2D eigenvalue weighted by molar-refractivity contribution is 6.31. The quantitative estimate of drug-likeness (QED) is 0.440. The number of ether oxygens (including phenoxy) is 1. The largest absolute Gasteiger partial charge is 0.444 e. The molecule has 0 unspecified atom stereocenters. The lowest BCUT2D eigenvalue weighted by Gasteiger charge is -2.40. The summed E-state index contributed by atoms with van der Waals surface area (Å²) in [6.45, 7) is 5.67. The average Bonchev–Trinajstić information content (AvgIpc) is 3.18. The monoisotopic (exact) mass is 485 g/mol. The smallest absolute Gasteiger partial charge is 0.414 e. The summed E-state index contributed by atoms with van der Waals surface area (Å²) in [6.07, 6.45) is 1.63. The molecule has 5 nitrogen and oxygen atoms in total. The number of hydrogen-bond donors (Lipinski definition) is 0. The molecule has 3 aromatic carbocycles. The molecule has 0 radical (unpaired) electrons. The highest BCUT2D eigenvalue weighted by Gasteiger charge is 2.46. The Morgan fingerprint density at radius 1 is 1.09 bits per heavy atom. The van der Waals surface area contributed by atoms with Crippen LogP contribution in [0.4, 0.5) is 10.5 Å². The molecule has 1 saturated heterocycles. The van der Waals surface area contributed by atoms with E-state index in [2.05, 4.69) is 36.1 Å². The molecule has 2 aliphatic heterocycles. The van der Waals surface area contributed by atoms with Gasteiger partial charge in [-0.1, -0.05) is 59.6 Å². The topological polar surface area (TPSA) is 56.6 Å². The van der Waals surface area contributed by atoms with E-state index in [4.69, 9.17) is 21.6 Å². The number of likely N-dealkylation sites (tertiary alicyclic amines) is 1. The molecule has 5 rings (SSSR count). The van der Waals surface area contributed by atoms with E-state index < -0.39 is 0 Å². The molecule has 2 aliphatic rings. The van der Waals surface area contributed by atoms with Crippen molar-refractivity contribution >= 4 is 23.4 Å². The van der Waals surface area contributed by atoms with Gasteiger partial charge in [0.15, 0.2) is 0 Å². The van der Waals surface area contributed by atoms with Gasteiger partial charge in [0.2, 0.25) is 0 Å². The predicted octanol–water partition coefficient (Wildman–Crippen LogP) is 6.21. The molecular weight excluding hydrogens is 458 g/mol. The number of nitrogens with zero attached hydrogens (tertiary/aromatic N) is 3. The number of carbonyl (C=O) groups excluding carboxylic acids is 1. The minimum absolute atomic E-state index is 0.0636. The Balaban J connectivity index is 1.29. The summed E-state index contributed by atoms with van der Waals surface area (Å²) in [7, 11) is 0. The molecule has 178 valence electrons. The summed E-state index contributed by atoms with van der Waals surface area (Å²) in [6, 6.07) is 23.8. The Morgan fingerprint density at radius 3 is 2.54 bits per heavy atom. The Labute approximate surface area is 211 Å². The number of carbonyl (C=O) groups is 1. The van der Waals surface area contributed by atoms with Crippen LogP contribution in [0, 0.1) is 18.3 Å². The summed E-state index contributed by atoms with van der Waals surface area (Å²) in [4.78, 5) is 17.5. The number of hydrogen-bond acceptors (Lipinski definition) is 4. The van der Waals surface area contributed by atoms with Crippen LogP contribution in [-0.2, 0) is 23.3 Å². The van der Waals surface area contributed by atoms with Crippen molar-refractivity contribution in [2.24, 2.45) is 0 Å². The first-order valence-electron chi connectivity index (χ1n) is 12.0. The predicted molar refractivity (Wildman–Crippen MR) is 138 cm³/mol. The molecule has 1 spiro atoms. The van der Waals surface area contributed by atoms with Crippen molar-refractivity contribution in [1.82, 2.24) is 4.90 Å². The maximum Gasteiger partial charge on any atom is 0.414 e. The molecule has 0 N–H and O–H groups in total. The van der Waals surface area contributed by atoms with Gasteiger partial charge < -0.3 is 4.74 Å². The van der Waals surface area contributed by atoms with E-state index in [9.17, 15) is 4.79 Å². The number of aryl methyl sites for hydroxylation is 1. The minimum Gasteiger partial charge on any atom is -0.444 e.